The Morgan fingerprint density at radius 2 is 1.75 bits per heavy atom. The first-order valence-electron chi connectivity index (χ1n) is 8.02. The molecule has 128 valence electrons. The van der Waals surface area contributed by atoms with Crippen molar-refractivity contribution < 1.29 is 12.8 Å². The molecule has 0 aliphatic carbocycles. The van der Waals surface area contributed by atoms with Crippen molar-refractivity contribution in [3.05, 3.63) is 60.4 Å². The van der Waals surface area contributed by atoms with Gasteiger partial charge in [-0.2, -0.15) is 4.31 Å². The lowest BCUT2D eigenvalue weighted by atomic mass is 10.1. The summed E-state index contributed by atoms with van der Waals surface area (Å²) < 4.78 is 40.0. The van der Waals surface area contributed by atoms with Crippen LogP contribution in [0.4, 0.5) is 10.1 Å². The molecule has 1 heterocycles. The monoisotopic (exact) mass is 348 g/mol. The summed E-state index contributed by atoms with van der Waals surface area (Å²) in [5.74, 6) is -0.440. The topological polar surface area (TPSA) is 40.6 Å². The second kappa shape index (κ2) is 6.91. The molecule has 0 saturated carbocycles. The Morgan fingerprint density at radius 1 is 1.08 bits per heavy atom. The summed E-state index contributed by atoms with van der Waals surface area (Å²) in [5, 5.41) is 0. The summed E-state index contributed by atoms with van der Waals surface area (Å²) in [6.07, 6.45) is 1.75. The zero-order chi connectivity index (χ0) is 17.2. The van der Waals surface area contributed by atoms with Gasteiger partial charge in [0.1, 0.15) is 5.82 Å². The van der Waals surface area contributed by atoms with Gasteiger partial charge in [0.15, 0.2) is 0 Å². The Hall–Kier alpha value is -1.92. The van der Waals surface area contributed by atoms with Crippen LogP contribution in [0.3, 0.4) is 0 Å². The number of halogens is 1. The number of likely N-dealkylation sites (N-methyl/N-ethyl adjacent to an activating group) is 1. The van der Waals surface area contributed by atoms with Gasteiger partial charge in [0.25, 0.3) is 0 Å². The Balaban J connectivity index is 1.79. The molecular weight excluding hydrogens is 327 g/mol. The molecule has 1 unspecified atom stereocenters. The van der Waals surface area contributed by atoms with E-state index in [-0.39, 0.29) is 10.9 Å². The van der Waals surface area contributed by atoms with E-state index >= 15 is 0 Å². The molecule has 0 aromatic heterocycles. The summed E-state index contributed by atoms with van der Waals surface area (Å²) in [5.41, 5.74) is 1.11. The molecule has 4 nitrogen and oxygen atoms in total. The quantitative estimate of drug-likeness (QED) is 0.852. The lowest BCUT2D eigenvalue weighted by Crippen LogP contribution is -2.48. The van der Waals surface area contributed by atoms with Crippen molar-refractivity contribution in [2.45, 2.75) is 23.8 Å². The Bertz CT molecular complexity index is 778. The highest BCUT2D eigenvalue weighted by atomic mass is 32.2. The predicted molar refractivity (Wildman–Crippen MR) is 93.0 cm³/mol. The van der Waals surface area contributed by atoms with E-state index in [1.165, 1.54) is 28.6 Å². The van der Waals surface area contributed by atoms with Gasteiger partial charge < -0.3 is 4.90 Å². The summed E-state index contributed by atoms with van der Waals surface area (Å²) >= 11 is 0. The number of anilines is 1. The maximum absolute atomic E-state index is 13.1. The third kappa shape index (κ3) is 3.44. The molecule has 3 rings (SSSR count). The largest absolute Gasteiger partial charge is 0.370 e. The molecule has 1 saturated heterocycles. The van der Waals surface area contributed by atoms with E-state index in [1.54, 1.807) is 7.05 Å². The van der Waals surface area contributed by atoms with Crippen molar-refractivity contribution in [1.29, 1.82) is 0 Å². The van der Waals surface area contributed by atoms with E-state index in [9.17, 15) is 12.8 Å². The molecule has 0 radical (unpaired) electrons. The highest BCUT2D eigenvalue weighted by Crippen LogP contribution is 2.25. The Labute approximate surface area is 142 Å². The van der Waals surface area contributed by atoms with Crippen molar-refractivity contribution >= 4 is 15.7 Å². The van der Waals surface area contributed by atoms with Crippen molar-refractivity contribution in [2.75, 3.05) is 25.0 Å². The Morgan fingerprint density at radius 3 is 2.42 bits per heavy atom. The van der Waals surface area contributed by atoms with E-state index in [0.29, 0.717) is 6.54 Å². The van der Waals surface area contributed by atoms with Crippen molar-refractivity contribution in [2.24, 2.45) is 0 Å². The number of para-hydroxylation sites is 1. The molecule has 0 bridgehead atoms. The van der Waals surface area contributed by atoms with Crippen LogP contribution in [-0.2, 0) is 10.0 Å². The fourth-order valence-corrected chi connectivity index (χ4v) is 4.47. The lowest BCUT2D eigenvalue weighted by Gasteiger charge is -2.38. The van der Waals surface area contributed by atoms with Crippen LogP contribution < -0.4 is 4.90 Å². The van der Waals surface area contributed by atoms with Gasteiger partial charge in [-0.05, 0) is 49.2 Å². The normalized spacial score (nSPS) is 18.8. The number of hydrogen-bond donors (Lipinski definition) is 0. The van der Waals surface area contributed by atoms with Crippen LogP contribution in [0.1, 0.15) is 12.8 Å². The minimum absolute atomic E-state index is 0.103. The zero-order valence-corrected chi connectivity index (χ0v) is 14.4. The van der Waals surface area contributed by atoms with E-state index in [2.05, 4.69) is 4.90 Å². The molecule has 1 fully saturated rings. The number of sulfonamides is 1. The number of rotatable bonds is 4. The third-order valence-corrected chi connectivity index (χ3v) is 6.45. The molecule has 0 N–H and O–H groups in total. The van der Waals surface area contributed by atoms with Crippen molar-refractivity contribution in [3.63, 3.8) is 0 Å². The van der Waals surface area contributed by atoms with Gasteiger partial charge in [-0.15, -0.1) is 0 Å². The van der Waals surface area contributed by atoms with Crippen LogP contribution in [-0.4, -0.2) is 38.9 Å². The summed E-state index contributed by atoms with van der Waals surface area (Å²) in [6, 6.07) is 14.9. The zero-order valence-electron chi connectivity index (χ0n) is 13.6. The molecule has 2 aromatic rings. The molecule has 1 atom stereocenters. The third-order valence-electron chi connectivity index (χ3n) is 4.52. The summed E-state index contributed by atoms with van der Waals surface area (Å²) in [6.45, 7) is 1.58. The van der Waals surface area contributed by atoms with Gasteiger partial charge in [0.05, 0.1) is 4.90 Å². The van der Waals surface area contributed by atoms with E-state index in [0.717, 1.165) is 25.1 Å². The molecule has 0 spiro atoms. The van der Waals surface area contributed by atoms with Gasteiger partial charge in [-0.3, -0.25) is 0 Å². The maximum Gasteiger partial charge on any atom is 0.243 e. The van der Waals surface area contributed by atoms with E-state index < -0.39 is 15.8 Å². The molecule has 1 aliphatic heterocycles. The van der Waals surface area contributed by atoms with Gasteiger partial charge in [0, 0.05) is 31.9 Å². The molecular formula is C18H21FN2O2S. The van der Waals surface area contributed by atoms with Crippen molar-refractivity contribution in [3.8, 4) is 0 Å². The van der Waals surface area contributed by atoms with Gasteiger partial charge >= 0.3 is 0 Å². The highest BCUT2D eigenvalue weighted by Gasteiger charge is 2.31. The van der Waals surface area contributed by atoms with E-state index in [4.69, 9.17) is 0 Å². The fraction of sp³-hybridized carbons (Fsp3) is 0.333. The van der Waals surface area contributed by atoms with E-state index in [1.807, 2.05) is 30.3 Å². The molecule has 2 aromatic carbocycles. The van der Waals surface area contributed by atoms with Crippen LogP contribution in [0, 0.1) is 5.82 Å². The molecule has 1 aliphatic rings. The minimum Gasteiger partial charge on any atom is -0.370 e. The average Bonchev–Trinajstić information content (AvgIpc) is 2.62. The number of benzene rings is 2. The average molecular weight is 348 g/mol. The number of hydrogen-bond acceptors (Lipinski definition) is 3. The molecule has 0 amide bonds. The maximum atomic E-state index is 13.1. The standard InChI is InChI=1S/C18H21FN2O2S/c1-20(24(22,23)18-11-9-15(19)10-12-18)17-8-5-13-21(14-17)16-6-3-2-4-7-16/h2-4,6-7,9-12,17H,5,8,13-14H2,1H3. The predicted octanol–water partition coefficient (Wildman–Crippen LogP) is 3.12. The number of nitrogens with zero attached hydrogens (tertiary/aromatic N) is 2. The lowest BCUT2D eigenvalue weighted by molar-refractivity contribution is 0.320. The van der Waals surface area contributed by atoms with Gasteiger partial charge in [0.2, 0.25) is 10.0 Å². The van der Waals surface area contributed by atoms with Crippen LogP contribution in [0.15, 0.2) is 59.5 Å². The molecule has 6 heteroatoms. The smallest absolute Gasteiger partial charge is 0.243 e. The fourth-order valence-electron chi connectivity index (χ4n) is 3.09. The van der Waals surface area contributed by atoms with Crippen LogP contribution in [0.2, 0.25) is 0 Å². The first-order valence-corrected chi connectivity index (χ1v) is 9.46. The first-order chi connectivity index (χ1) is 11.5. The van der Waals surface area contributed by atoms with Gasteiger partial charge in [-0.1, -0.05) is 18.2 Å². The summed E-state index contributed by atoms with van der Waals surface area (Å²) in [7, 11) is -2.01. The Kier molecular flexibility index (Phi) is 4.87. The minimum atomic E-state index is -3.62. The number of piperidine rings is 1. The van der Waals surface area contributed by atoms with Crippen LogP contribution >= 0.6 is 0 Å². The van der Waals surface area contributed by atoms with Gasteiger partial charge in [-0.25, -0.2) is 12.8 Å². The first kappa shape index (κ1) is 16.9. The molecule has 24 heavy (non-hydrogen) atoms. The second-order valence-electron chi connectivity index (χ2n) is 6.05. The SMILES string of the molecule is CN(C1CCCN(c2ccccc2)C1)S(=O)(=O)c1ccc(F)cc1. The second-order valence-corrected chi connectivity index (χ2v) is 8.05. The van der Waals surface area contributed by atoms with Crippen LogP contribution in [0.5, 0.6) is 0 Å². The highest BCUT2D eigenvalue weighted by molar-refractivity contribution is 7.89. The van der Waals surface area contributed by atoms with Crippen molar-refractivity contribution in [1.82, 2.24) is 4.31 Å². The summed E-state index contributed by atoms with van der Waals surface area (Å²) in [4.78, 5) is 2.34. The van der Waals surface area contributed by atoms with Crippen LogP contribution in [0.25, 0.3) is 0 Å².